The summed E-state index contributed by atoms with van der Waals surface area (Å²) in [6.45, 7) is 3.49. The van der Waals surface area contributed by atoms with Crippen molar-refractivity contribution in [3.05, 3.63) is 48.0 Å². The minimum atomic E-state index is -0.662. The summed E-state index contributed by atoms with van der Waals surface area (Å²) >= 11 is 0. The van der Waals surface area contributed by atoms with Crippen molar-refractivity contribution < 1.29 is 19.1 Å². The van der Waals surface area contributed by atoms with E-state index in [1.807, 2.05) is 49.4 Å². The summed E-state index contributed by atoms with van der Waals surface area (Å²) in [7, 11) is 0. The lowest BCUT2D eigenvalue weighted by molar-refractivity contribution is -0.154. The smallest absolute Gasteiger partial charge is 0.312 e. The van der Waals surface area contributed by atoms with Gasteiger partial charge in [-0.25, -0.2) is 0 Å². The minimum Gasteiger partial charge on any atom is -0.465 e. The lowest BCUT2D eigenvalue weighted by Crippen LogP contribution is -2.40. The zero-order chi connectivity index (χ0) is 17.4. The first-order chi connectivity index (χ1) is 12.1. The number of carbonyl (C=O) groups is 2. The molecule has 132 valence electrons. The molecule has 0 radical (unpaired) electrons. The van der Waals surface area contributed by atoms with Crippen LogP contribution in [0.15, 0.2) is 42.5 Å². The number of rotatable bonds is 6. The predicted molar refractivity (Wildman–Crippen MR) is 91.5 cm³/mol. The van der Waals surface area contributed by atoms with Crippen LogP contribution >= 0.6 is 0 Å². The number of ether oxygens (including phenoxy) is 2. The molecule has 0 unspecified atom stereocenters. The second-order valence-corrected chi connectivity index (χ2v) is 7.10. The maximum Gasteiger partial charge on any atom is 0.312 e. The van der Waals surface area contributed by atoms with Crippen LogP contribution in [0.2, 0.25) is 0 Å². The largest absolute Gasteiger partial charge is 0.465 e. The van der Waals surface area contributed by atoms with Gasteiger partial charge in [0.15, 0.2) is 0 Å². The Kier molecular flexibility index (Phi) is 4.12. The van der Waals surface area contributed by atoms with E-state index >= 15 is 0 Å². The van der Waals surface area contributed by atoms with Crippen LogP contribution in [0, 0.1) is 11.8 Å². The first-order valence-electron chi connectivity index (χ1n) is 9.01. The molecule has 0 aromatic heterocycles. The number of hydrogen-bond donors (Lipinski definition) is 0. The van der Waals surface area contributed by atoms with E-state index in [4.69, 9.17) is 9.47 Å². The number of fused-ring (bicyclic) bond motifs is 1. The maximum atomic E-state index is 13.0. The molecule has 1 spiro atoms. The quantitative estimate of drug-likeness (QED) is 0.453. The van der Waals surface area contributed by atoms with Crippen LogP contribution in [-0.4, -0.2) is 41.6 Å². The van der Waals surface area contributed by atoms with E-state index in [1.165, 1.54) is 0 Å². The van der Waals surface area contributed by atoms with Crippen molar-refractivity contribution in [1.29, 1.82) is 0 Å². The number of amides is 1. The Balaban J connectivity index is 1.52. The van der Waals surface area contributed by atoms with Crippen LogP contribution in [0.25, 0.3) is 0 Å². The molecule has 3 aliphatic rings. The maximum absolute atomic E-state index is 13.0. The Labute approximate surface area is 147 Å². The number of esters is 1. The lowest BCUT2D eigenvalue weighted by atomic mass is 9.77. The zero-order valence-corrected chi connectivity index (χ0v) is 14.4. The van der Waals surface area contributed by atoms with Crippen molar-refractivity contribution in [1.82, 2.24) is 4.90 Å². The van der Waals surface area contributed by atoms with E-state index in [1.54, 1.807) is 4.90 Å². The molecule has 5 nitrogen and oxygen atoms in total. The molecule has 3 aliphatic heterocycles. The van der Waals surface area contributed by atoms with Gasteiger partial charge >= 0.3 is 5.97 Å². The fourth-order valence-electron chi connectivity index (χ4n) is 4.20. The molecular formula is C20H23NO4. The Morgan fingerprint density at radius 2 is 2.16 bits per heavy atom. The fraction of sp³-hybridized carbons (Fsp3) is 0.500. The van der Waals surface area contributed by atoms with Crippen LogP contribution < -0.4 is 0 Å². The molecule has 0 aliphatic carbocycles. The number of hydrogen-bond acceptors (Lipinski definition) is 4. The van der Waals surface area contributed by atoms with Gasteiger partial charge in [0, 0.05) is 6.54 Å². The van der Waals surface area contributed by atoms with E-state index < -0.39 is 17.4 Å². The van der Waals surface area contributed by atoms with E-state index in [0.29, 0.717) is 19.7 Å². The third-order valence-corrected chi connectivity index (χ3v) is 5.41. The Hall–Kier alpha value is -2.14. The van der Waals surface area contributed by atoms with Gasteiger partial charge in [-0.3, -0.25) is 9.59 Å². The average molecular weight is 341 g/mol. The zero-order valence-electron chi connectivity index (χ0n) is 14.4. The number of benzene rings is 1. The number of nitrogens with zero attached hydrogens (tertiary/aromatic N) is 1. The van der Waals surface area contributed by atoms with Crippen molar-refractivity contribution >= 4 is 11.9 Å². The van der Waals surface area contributed by atoms with E-state index in [-0.39, 0.29) is 18.0 Å². The molecule has 0 N–H and O–H groups in total. The van der Waals surface area contributed by atoms with E-state index in [2.05, 4.69) is 0 Å². The minimum absolute atomic E-state index is 0.00635. The van der Waals surface area contributed by atoms with Gasteiger partial charge < -0.3 is 14.4 Å². The van der Waals surface area contributed by atoms with Crippen LogP contribution in [0.3, 0.4) is 0 Å². The highest BCUT2D eigenvalue weighted by Gasteiger charge is 2.67. The SMILES string of the molecule is CCCCOC(=O)[C@H]1[C@H]2C=C[C@@]3(CN(Cc4ccccc4)C(=O)[C@@H]13)O2. The molecule has 3 heterocycles. The summed E-state index contributed by atoms with van der Waals surface area (Å²) in [5.74, 6) is -1.28. The van der Waals surface area contributed by atoms with Gasteiger partial charge in [-0.05, 0) is 12.0 Å². The molecule has 4 atom stereocenters. The molecular weight excluding hydrogens is 318 g/mol. The van der Waals surface area contributed by atoms with Crippen molar-refractivity contribution in [3.8, 4) is 0 Å². The molecule has 2 saturated heterocycles. The van der Waals surface area contributed by atoms with Crippen LogP contribution in [0.4, 0.5) is 0 Å². The molecule has 1 amide bonds. The molecule has 1 aromatic rings. The first kappa shape index (κ1) is 16.3. The molecule has 0 saturated carbocycles. The van der Waals surface area contributed by atoms with Gasteiger partial charge in [0.1, 0.15) is 11.5 Å². The first-order valence-corrected chi connectivity index (χ1v) is 9.01. The van der Waals surface area contributed by atoms with Gasteiger partial charge in [0.2, 0.25) is 5.91 Å². The third kappa shape index (κ3) is 2.67. The molecule has 5 heteroatoms. The van der Waals surface area contributed by atoms with Crippen LogP contribution in [0.1, 0.15) is 25.3 Å². The van der Waals surface area contributed by atoms with Crippen LogP contribution in [-0.2, 0) is 25.6 Å². The van der Waals surface area contributed by atoms with Crippen molar-refractivity contribution in [2.45, 2.75) is 38.0 Å². The number of carbonyl (C=O) groups excluding carboxylic acids is 2. The van der Waals surface area contributed by atoms with Crippen molar-refractivity contribution in [2.75, 3.05) is 13.2 Å². The van der Waals surface area contributed by atoms with Crippen LogP contribution in [0.5, 0.6) is 0 Å². The Morgan fingerprint density at radius 3 is 2.92 bits per heavy atom. The van der Waals surface area contributed by atoms with Gasteiger partial charge in [0.25, 0.3) is 0 Å². The summed E-state index contributed by atoms with van der Waals surface area (Å²) in [5, 5.41) is 0. The Bertz CT molecular complexity index is 701. The number of unbranched alkanes of at least 4 members (excludes halogenated alkanes) is 1. The third-order valence-electron chi connectivity index (χ3n) is 5.41. The highest BCUT2D eigenvalue weighted by Crippen LogP contribution is 2.52. The lowest BCUT2D eigenvalue weighted by Gasteiger charge is -2.22. The summed E-state index contributed by atoms with van der Waals surface area (Å²) in [6.07, 6.45) is 5.36. The standard InChI is InChI=1S/C20H23NO4/c1-2-3-11-24-19(23)16-15-9-10-20(25-15)13-21(18(22)17(16)20)12-14-7-5-4-6-8-14/h4-10,15-17H,2-3,11-13H2,1H3/t15-,16+,17-,20+/m1/s1. The monoisotopic (exact) mass is 341 g/mol. The van der Waals surface area contributed by atoms with Gasteiger partial charge in [0.05, 0.1) is 25.2 Å². The van der Waals surface area contributed by atoms with E-state index in [0.717, 1.165) is 18.4 Å². The van der Waals surface area contributed by atoms with E-state index in [9.17, 15) is 9.59 Å². The molecule has 2 bridgehead atoms. The summed E-state index contributed by atoms with van der Waals surface area (Å²) < 4.78 is 11.5. The molecule has 1 aromatic carbocycles. The molecule has 2 fully saturated rings. The Morgan fingerprint density at radius 1 is 1.36 bits per heavy atom. The normalized spacial score (nSPS) is 32.3. The topological polar surface area (TPSA) is 55.8 Å². The molecule has 25 heavy (non-hydrogen) atoms. The summed E-state index contributed by atoms with van der Waals surface area (Å²) in [5.41, 5.74) is 0.415. The summed E-state index contributed by atoms with van der Waals surface area (Å²) in [6, 6.07) is 9.89. The van der Waals surface area contributed by atoms with Crippen molar-refractivity contribution in [2.24, 2.45) is 11.8 Å². The average Bonchev–Trinajstić information content (AvgIpc) is 3.25. The van der Waals surface area contributed by atoms with Gasteiger partial charge in [-0.2, -0.15) is 0 Å². The fourth-order valence-corrected chi connectivity index (χ4v) is 4.20. The van der Waals surface area contributed by atoms with Crippen molar-refractivity contribution in [3.63, 3.8) is 0 Å². The summed E-state index contributed by atoms with van der Waals surface area (Å²) in [4.78, 5) is 27.4. The highest BCUT2D eigenvalue weighted by molar-refractivity contribution is 5.91. The number of likely N-dealkylation sites (tertiary alicyclic amines) is 1. The second-order valence-electron chi connectivity index (χ2n) is 7.10. The van der Waals surface area contributed by atoms with Gasteiger partial charge in [-0.1, -0.05) is 55.8 Å². The predicted octanol–water partition coefficient (Wildman–Crippen LogP) is 2.31. The highest BCUT2D eigenvalue weighted by atomic mass is 16.6. The molecule has 4 rings (SSSR count). The second kappa shape index (κ2) is 6.30. The van der Waals surface area contributed by atoms with Gasteiger partial charge in [-0.15, -0.1) is 0 Å².